The Morgan fingerprint density at radius 1 is 0.283 bits per heavy atom. The van der Waals surface area contributed by atoms with E-state index in [2.05, 4.69) is 55.4 Å². The van der Waals surface area contributed by atoms with E-state index in [9.17, 15) is 43.2 Å². The Balaban J connectivity index is 5.24. The molecule has 0 aromatic carbocycles. The van der Waals surface area contributed by atoms with Crippen LogP contribution >= 0.6 is 15.6 Å². The Morgan fingerprint density at radius 2 is 0.485 bits per heavy atom. The standard InChI is InChI=1S/C80H156O17P2/c1-9-71(6)57-49-41-33-27-23-19-16-17-21-25-29-36-46-54-62-79(84)96-75(66-90-77(82)60-52-44-35-28-24-20-15-13-12-14-18-22-26-32-40-48-56-70(4)5)68-94-98(86,87)92-64-74(81)65-93-99(88,89)95-69-76(67-91-78(83)61-53-45-39-38-43-51-59-73(8)11-3)97-80(85)63-55-47-37-31-30-34-42-50-58-72(7)10-2/h70-76,81H,9-69H2,1-8H3,(H,86,87)(H,88,89)/t71?,72?,73?,74-,75-,76-/m1/s1. The van der Waals surface area contributed by atoms with E-state index in [1.807, 2.05) is 0 Å². The Hall–Kier alpha value is -1.94. The van der Waals surface area contributed by atoms with E-state index in [-0.39, 0.29) is 25.7 Å². The summed E-state index contributed by atoms with van der Waals surface area (Å²) in [4.78, 5) is 73.0. The van der Waals surface area contributed by atoms with Gasteiger partial charge in [0, 0.05) is 25.7 Å². The molecular formula is C80H156O17P2. The van der Waals surface area contributed by atoms with Gasteiger partial charge in [0.2, 0.25) is 0 Å². The van der Waals surface area contributed by atoms with Crippen molar-refractivity contribution >= 4 is 39.5 Å². The normalized spacial score (nSPS) is 14.9. The van der Waals surface area contributed by atoms with Crippen LogP contribution in [0, 0.1) is 23.7 Å². The molecule has 0 fully saturated rings. The minimum atomic E-state index is -4.96. The molecule has 8 atom stereocenters. The van der Waals surface area contributed by atoms with Crippen LogP contribution in [0.3, 0.4) is 0 Å². The molecule has 3 N–H and O–H groups in total. The summed E-state index contributed by atoms with van der Waals surface area (Å²) in [5.74, 6) is 1.04. The topological polar surface area (TPSA) is 237 Å². The van der Waals surface area contributed by atoms with Gasteiger partial charge in [-0.05, 0) is 49.4 Å². The van der Waals surface area contributed by atoms with Crippen molar-refractivity contribution in [2.24, 2.45) is 23.7 Å². The summed E-state index contributed by atoms with van der Waals surface area (Å²) in [6, 6.07) is 0. The van der Waals surface area contributed by atoms with E-state index in [1.165, 1.54) is 205 Å². The average molecular weight is 1450 g/mol. The number of hydrogen-bond donors (Lipinski definition) is 3. The molecule has 0 heterocycles. The van der Waals surface area contributed by atoms with Crippen molar-refractivity contribution in [3.63, 3.8) is 0 Å². The van der Waals surface area contributed by atoms with Crippen molar-refractivity contribution in [2.75, 3.05) is 39.6 Å². The van der Waals surface area contributed by atoms with Crippen LogP contribution in [0.2, 0.25) is 0 Å². The fourth-order valence-electron chi connectivity index (χ4n) is 12.2. The number of aliphatic hydroxyl groups is 1. The number of esters is 4. The largest absolute Gasteiger partial charge is 0.472 e. The highest BCUT2D eigenvalue weighted by molar-refractivity contribution is 7.47. The summed E-state index contributed by atoms with van der Waals surface area (Å²) >= 11 is 0. The molecule has 0 aliphatic carbocycles. The number of phosphoric ester groups is 2. The smallest absolute Gasteiger partial charge is 0.462 e. The summed E-state index contributed by atoms with van der Waals surface area (Å²) in [6.45, 7) is 14.3. The Kier molecular flexibility index (Phi) is 67.8. The monoisotopic (exact) mass is 1450 g/mol. The molecule has 0 saturated carbocycles. The molecule has 0 amide bonds. The zero-order valence-corrected chi connectivity index (χ0v) is 66.9. The summed E-state index contributed by atoms with van der Waals surface area (Å²) < 4.78 is 68.7. The Labute approximate surface area is 607 Å². The predicted octanol–water partition coefficient (Wildman–Crippen LogP) is 23.6. The fourth-order valence-corrected chi connectivity index (χ4v) is 13.7. The number of unbranched alkanes of at least 4 members (excludes halogenated alkanes) is 40. The third-order valence-corrected chi connectivity index (χ3v) is 21.6. The maximum absolute atomic E-state index is 13.1. The van der Waals surface area contributed by atoms with Crippen molar-refractivity contribution in [1.29, 1.82) is 0 Å². The molecule has 17 nitrogen and oxygen atoms in total. The first-order valence-corrected chi connectivity index (χ1v) is 44.3. The number of carbonyl (C=O) groups is 4. The van der Waals surface area contributed by atoms with Crippen LogP contribution in [0.5, 0.6) is 0 Å². The summed E-state index contributed by atoms with van der Waals surface area (Å²) in [7, 11) is -9.92. The van der Waals surface area contributed by atoms with Gasteiger partial charge in [0.25, 0.3) is 0 Å². The second kappa shape index (κ2) is 69.1. The number of carbonyl (C=O) groups excluding carboxylic acids is 4. The lowest BCUT2D eigenvalue weighted by Gasteiger charge is -2.21. The van der Waals surface area contributed by atoms with Crippen LogP contribution in [-0.2, 0) is 65.4 Å². The molecule has 0 radical (unpaired) electrons. The molecule has 0 saturated heterocycles. The lowest BCUT2D eigenvalue weighted by atomic mass is 9.99. The van der Waals surface area contributed by atoms with E-state index < -0.39 is 97.5 Å². The van der Waals surface area contributed by atoms with Gasteiger partial charge in [0.05, 0.1) is 26.4 Å². The number of aliphatic hydroxyl groups excluding tert-OH is 1. The maximum Gasteiger partial charge on any atom is 0.472 e. The fraction of sp³-hybridized carbons (Fsp3) is 0.950. The number of hydrogen-bond acceptors (Lipinski definition) is 15. The summed E-state index contributed by atoms with van der Waals surface area (Å²) in [5, 5.41) is 10.6. The summed E-state index contributed by atoms with van der Waals surface area (Å²) in [5.41, 5.74) is 0. The second-order valence-corrected chi connectivity index (χ2v) is 32.9. The lowest BCUT2D eigenvalue weighted by molar-refractivity contribution is -0.161. The molecule has 0 spiro atoms. The highest BCUT2D eigenvalue weighted by Crippen LogP contribution is 2.45. The zero-order valence-electron chi connectivity index (χ0n) is 65.1. The second-order valence-electron chi connectivity index (χ2n) is 30.0. The lowest BCUT2D eigenvalue weighted by Crippen LogP contribution is -2.30. The van der Waals surface area contributed by atoms with Crippen molar-refractivity contribution in [3.8, 4) is 0 Å². The van der Waals surface area contributed by atoms with Crippen molar-refractivity contribution in [1.82, 2.24) is 0 Å². The van der Waals surface area contributed by atoms with Crippen LogP contribution in [0.25, 0.3) is 0 Å². The SMILES string of the molecule is CCC(C)CCCCCCCCCCCCCCCCC(=O)O[C@H](COC(=O)CCCCCCCCCCCCCCCCCCC(C)C)COP(=O)(O)OC[C@@H](O)COP(=O)(O)OC[C@@H](COC(=O)CCCCCCCCC(C)CC)OC(=O)CCCCCCCCCCC(C)CC. The molecular weight excluding hydrogens is 1290 g/mol. The molecule has 0 bridgehead atoms. The van der Waals surface area contributed by atoms with Gasteiger partial charge < -0.3 is 33.8 Å². The predicted molar refractivity (Wildman–Crippen MR) is 404 cm³/mol. The van der Waals surface area contributed by atoms with Crippen molar-refractivity contribution in [3.05, 3.63) is 0 Å². The molecule has 0 aliphatic heterocycles. The van der Waals surface area contributed by atoms with Crippen molar-refractivity contribution in [2.45, 2.75) is 427 Å². The summed E-state index contributed by atoms with van der Waals surface area (Å²) in [6.07, 6.45) is 55.5. The van der Waals surface area contributed by atoms with Crippen LogP contribution in [-0.4, -0.2) is 96.7 Å². The molecule has 5 unspecified atom stereocenters. The molecule has 0 aromatic rings. The van der Waals surface area contributed by atoms with E-state index in [0.717, 1.165) is 120 Å². The quantitative estimate of drug-likeness (QED) is 0.0222. The molecule has 0 aromatic heterocycles. The number of phosphoric acid groups is 2. The van der Waals surface area contributed by atoms with Crippen LogP contribution in [0.4, 0.5) is 0 Å². The van der Waals surface area contributed by atoms with Crippen LogP contribution in [0.15, 0.2) is 0 Å². The minimum absolute atomic E-state index is 0.104. The molecule has 99 heavy (non-hydrogen) atoms. The van der Waals surface area contributed by atoms with E-state index >= 15 is 0 Å². The highest BCUT2D eigenvalue weighted by atomic mass is 31.2. The van der Waals surface area contributed by atoms with E-state index in [1.54, 1.807) is 0 Å². The minimum Gasteiger partial charge on any atom is -0.462 e. The maximum atomic E-state index is 13.1. The molecule has 588 valence electrons. The van der Waals surface area contributed by atoms with Gasteiger partial charge in [-0.25, -0.2) is 9.13 Å². The average Bonchev–Trinajstić information content (AvgIpc) is 1.07. The molecule has 19 heteroatoms. The Bertz CT molecular complexity index is 1940. The Morgan fingerprint density at radius 3 is 0.717 bits per heavy atom. The van der Waals surface area contributed by atoms with Gasteiger partial charge in [-0.15, -0.1) is 0 Å². The van der Waals surface area contributed by atoms with Crippen molar-refractivity contribution < 1.29 is 80.2 Å². The van der Waals surface area contributed by atoms with Crippen LogP contribution in [0.1, 0.15) is 409 Å². The third-order valence-electron chi connectivity index (χ3n) is 19.7. The first kappa shape index (κ1) is 97.1. The van der Waals surface area contributed by atoms with Gasteiger partial charge in [-0.3, -0.25) is 37.3 Å². The highest BCUT2D eigenvalue weighted by Gasteiger charge is 2.30. The van der Waals surface area contributed by atoms with Gasteiger partial charge in [-0.2, -0.15) is 0 Å². The first-order valence-electron chi connectivity index (χ1n) is 41.3. The first-order chi connectivity index (χ1) is 47.7. The van der Waals surface area contributed by atoms with Gasteiger partial charge in [-0.1, -0.05) is 357 Å². The van der Waals surface area contributed by atoms with E-state index in [0.29, 0.717) is 25.7 Å². The third kappa shape index (κ3) is 70.2. The van der Waals surface area contributed by atoms with Gasteiger partial charge in [0.1, 0.15) is 19.3 Å². The number of ether oxygens (including phenoxy) is 4. The zero-order chi connectivity index (χ0) is 73.1. The molecule has 0 rings (SSSR count). The van der Waals surface area contributed by atoms with Gasteiger partial charge in [0.15, 0.2) is 12.2 Å². The van der Waals surface area contributed by atoms with Gasteiger partial charge >= 0.3 is 39.5 Å². The van der Waals surface area contributed by atoms with E-state index in [4.69, 9.17) is 37.0 Å². The number of rotatable bonds is 77. The van der Waals surface area contributed by atoms with Crippen LogP contribution < -0.4 is 0 Å². The molecule has 0 aliphatic rings.